The van der Waals surface area contributed by atoms with Gasteiger partial charge in [-0.2, -0.15) is 0 Å². The van der Waals surface area contributed by atoms with Crippen LogP contribution in [0.1, 0.15) is 30.0 Å². The standard InChI is InChI=1S/C21H26N2O3/c1-23(18-10-6-8-15-7-4-5-9-17(15)18)14-21(24)22-16-11-12-19(25-2)20(13-16)26-3/h4-5,7,9,11-13,18H,6,8,10,14H2,1-3H3,(H,22,24)/t18-/m0/s1. The van der Waals surface area contributed by atoms with Crippen molar-refractivity contribution in [1.29, 1.82) is 0 Å². The van der Waals surface area contributed by atoms with E-state index < -0.39 is 0 Å². The average molecular weight is 354 g/mol. The number of anilines is 1. The van der Waals surface area contributed by atoms with Gasteiger partial charge in [0.2, 0.25) is 5.91 Å². The van der Waals surface area contributed by atoms with E-state index in [1.807, 2.05) is 13.1 Å². The SMILES string of the molecule is COc1ccc(NC(=O)CN(C)[C@H]2CCCc3ccccc32)cc1OC. The number of carbonyl (C=O) groups excluding carboxylic acids is 1. The number of hydrogen-bond acceptors (Lipinski definition) is 4. The van der Waals surface area contributed by atoms with E-state index >= 15 is 0 Å². The molecular formula is C21H26N2O3. The first-order valence-electron chi connectivity index (χ1n) is 8.92. The van der Waals surface area contributed by atoms with Crippen LogP contribution in [0.3, 0.4) is 0 Å². The van der Waals surface area contributed by atoms with Crippen LogP contribution in [0.2, 0.25) is 0 Å². The molecule has 1 atom stereocenters. The molecule has 0 bridgehead atoms. The summed E-state index contributed by atoms with van der Waals surface area (Å²) in [5, 5.41) is 2.95. The highest BCUT2D eigenvalue weighted by atomic mass is 16.5. The Kier molecular flexibility index (Phi) is 5.78. The van der Waals surface area contributed by atoms with E-state index in [1.54, 1.807) is 26.4 Å². The van der Waals surface area contributed by atoms with Gasteiger partial charge in [-0.05, 0) is 49.6 Å². The summed E-state index contributed by atoms with van der Waals surface area (Å²) in [6.45, 7) is 0.341. The van der Waals surface area contributed by atoms with Crippen LogP contribution in [0.15, 0.2) is 42.5 Å². The van der Waals surface area contributed by atoms with E-state index in [0.717, 1.165) is 19.3 Å². The zero-order valence-electron chi connectivity index (χ0n) is 15.6. The Hall–Kier alpha value is -2.53. The maximum absolute atomic E-state index is 12.5. The number of amides is 1. The van der Waals surface area contributed by atoms with Gasteiger partial charge < -0.3 is 14.8 Å². The monoisotopic (exact) mass is 354 g/mol. The number of likely N-dealkylation sites (N-methyl/N-ethyl adjacent to an activating group) is 1. The largest absolute Gasteiger partial charge is 0.493 e. The van der Waals surface area contributed by atoms with E-state index in [9.17, 15) is 4.79 Å². The zero-order chi connectivity index (χ0) is 18.5. The van der Waals surface area contributed by atoms with E-state index in [0.29, 0.717) is 23.7 Å². The number of nitrogens with zero attached hydrogens (tertiary/aromatic N) is 1. The van der Waals surface area contributed by atoms with Crippen LogP contribution in [0.25, 0.3) is 0 Å². The normalized spacial score (nSPS) is 16.1. The second-order valence-corrected chi connectivity index (χ2v) is 6.64. The quantitative estimate of drug-likeness (QED) is 0.860. The number of methoxy groups -OCH3 is 2. The molecule has 0 heterocycles. The Labute approximate surface area is 154 Å². The van der Waals surface area contributed by atoms with E-state index in [-0.39, 0.29) is 11.9 Å². The summed E-state index contributed by atoms with van der Waals surface area (Å²) >= 11 is 0. The van der Waals surface area contributed by atoms with Gasteiger partial charge in [0.25, 0.3) is 0 Å². The molecule has 1 amide bonds. The Morgan fingerprint density at radius 2 is 1.92 bits per heavy atom. The molecule has 0 fully saturated rings. The molecule has 3 rings (SSSR count). The second kappa shape index (κ2) is 8.23. The molecule has 0 saturated heterocycles. The molecule has 1 aliphatic carbocycles. The van der Waals surface area contributed by atoms with Crippen LogP contribution in [0.5, 0.6) is 11.5 Å². The smallest absolute Gasteiger partial charge is 0.238 e. The van der Waals surface area contributed by atoms with Crippen molar-refractivity contribution < 1.29 is 14.3 Å². The van der Waals surface area contributed by atoms with Crippen LogP contribution in [-0.4, -0.2) is 38.6 Å². The summed E-state index contributed by atoms with van der Waals surface area (Å²) in [4.78, 5) is 14.6. The molecular weight excluding hydrogens is 328 g/mol. The van der Waals surface area contributed by atoms with Crippen molar-refractivity contribution in [1.82, 2.24) is 4.90 Å². The number of rotatable bonds is 6. The molecule has 26 heavy (non-hydrogen) atoms. The van der Waals surface area contributed by atoms with Crippen LogP contribution in [0.4, 0.5) is 5.69 Å². The average Bonchev–Trinajstić information content (AvgIpc) is 2.67. The maximum atomic E-state index is 12.5. The Balaban J connectivity index is 1.65. The first-order chi connectivity index (χ1) is 12.6. The molecule has 138 valence electrons. The molecule has 0 saturated carbocycles. The predicted molar refractivity (Wildman–Crippen MR) is 103 cm³/mol. The van der Waals surface area contributed by atoms with Crippen LogP contribution in [0, 0.1) is 0 Å². The number of ether oxygens (including phenoxy) is 2. The molecule has 5 nitrogen and oxygen atoms in total. The Bertz CT molecular complexity index is 776. The van der Waals surface area contributed by atoms with Crippen LogP contribution >= 0.6 is 0 Å². The van der Waals surface area contributed by atoms with Crippen molar-refractivity contribution in [2.45, 2.75) is 25.3 Å². The lowest BCUT2D eigenvalue weighted by Crippen LogP contribution is -2.34. The number of fused-ring (bicyclic) bond motifs is 1. The summed E-state index contributed by atoms with van der Waals surface area (Å²) in [6.07, 6.45) is 3.36. The Morgan fingerprint density at radius 3 is 2.69 bits per heavy atom. The first-order valence-corrected chi connectivity index (χ1v) is 8.92. The van der Waals surface area contributed by atoms with Gasteiger partial charge in [0, 0.05) is 17.8 Å². The van der Waals surface area contributed by atoms with E-state index in [2.05, 4.69) is 34.5 Å². The molecule has 0 radical (unpaired) electrons. The molecule has 0 unspecified atom stereocenters. The summed E-state index contributed by atoms with van der Waals surface area (Å²) in [5.41, 5.74) is 3.45. The topological polar surface area (TPSA) is 50.8 Å². The van der Waals surface area contributed by atoms with Crippen molar-refractivity contribution in [3.05, 3.63) is 53.6 Å². The lowest BCUT2D eigenvalue weighted by atomic mass is 9.87. The fourth-order valence-corrected chi connectivity index (χ4v) is 3.64. The molecule has 1 N–H and O–H groups in total. The number of nitrogens with one attached hydrogen (secondary N) is 1. The van der Waals surface area contributed by atoms with E-state index in [4.69, 9.17) is 9.47 Å². The molecule has 0 spiro atoms. The number of aryl methyl sites for hydroxylation is 1. The highest BCUT2D eigenvalue weighted by Crippen LogP contribution is 2.33. The van der Waals surface area contributed by atoms with Crippen molar-refractivity contribution in [3.8, 4) is 11.5 Å². The third-order valence-electron chi connectivity index (χ3n) is 4.93. The van der Waals surface area contributed by atoms with Gasteiger partial charge >= 0.3 is 0 Å². The number of benzene rings is 2. The lowest BCUT2D eigenvalue weighted by molar-refractivity contribution is -0.117. The minimum absolute atomic E-state index is 0.0391. The van der Waals surface area contributed by atoms with Crippen molar-refractivity contribution in [2.24, 2.45) is 0 Å². The molecule has 0 aromatic heterocycles. The minimum atomic E-state index is -0.0391. The van der Waals surface area contributed by atoms with Crippen LogP contribution < -0.4 is 14.8 Å². The summed E-state index contributed by atoms with van der Waals surface area (Å²) < 4.78 is 10.5. The number of carbonyl (C=O) groups is 1. The predicted octanol–water partition coefficient (Wildman–Crippen LogP) is 3.65. The van der Waals surface area contributed by atoms with Gasteiger partial charge in [-0.3, -0.25) is 9.69 Å². The summed E-state index contributed by atoms with van der Waals surface area (Å²) in [5.74, 6) is 1.20. The van der Waals surface area contributed by atoms with E-state index in [1.165, 1.54) is 11.1 Å². The van der Waals surface area contributed by atoms with Gasteiger partial charge in [-0.15, -0.1) is 0 Å². The van der Waals surface area contributed by atoms with Gasteiger partial charge in [-0.1, -0.05) is 24.3 Å². The fraction of sp³-hybridized carbons (Fsp3) is 0.381. The first kappa shape index (κ1) is 18.3. The van der Waals surface area contributed by atoms with Crippen LogP contribution in [-0.2, 0) is 11.2 Å². The molecule has 1 aliphatic rings. The van der Waals surface area contributed by atoms with Crippen molar-refractivity contribution in [3.63, 3.8) is 0 Å². The minimum Gasteiger partial charge on any atom is -0.493 e. The fourth-order valence-electron chi connectivity index (χ4n) is 3.64. The third kappa shape index (κ3) is 3.99. The van der Waals surface area contributed by atoms with Gasteiger partial charge in [0.1, 0.15) is 0 Å². The van der Waals surface area contributed by atoms with Crippen molar-refractivity contribution >= 4 is 11.6 Å². The molecule has 5 heteroatoms. The number of hydrogen-bond donors (Lipinski definition) is 1. The maximum Gasteiger partial charge on any atom is 0.238 e. The van der Waals surface area contributed by atoms with Crippen molar-refractivity contribution in [2.75, 3.05) is 33.1 Å². The highest BCUT2D eigenvalue weighted by Gasteiger charge is 2.24. The highest BCUT2D eigenvalue weighted by molar-refractivity contribution is 5.92. The summed E-state index contributed by atoms with van der Waals surface area (Å²) in [6, 6.07) is 14.2. The Morgan fingerprint density at radius 1 is 1.15 bits per heavy atom. The van der Waals surface area contributed by atoms with Gasteiger partial charge in [0.05, 0.1) is 20.8 Å². The van der Waals surface area contributed by atoms with Gasteiger partial charge in [-0.25, -0.2) is 0 Å². The zero-order valence-corrected chi connectivity index (χ0v) is 15.6. The second-order valence-electron chi connectivity index (χ2n) is 6.64. The lowest BCUT2D eigenvalue weighted by Gasteiger charge is -2.32. The van der Waals surface area contributed by atoms with Gasteiger partial charge in [0.15, 0.2) is 11.5 Å². The molecule has 2 aromatic carbocycles. The molecule has 0 aliphatic heterocycles. The summed E-state index contributed by atoms with van der Waals surface area (Å²) in [7, 11) is 5.19. The molecule has 2 aromatic rings. The third-order valence-corrected chi connectivity index (χ3v) is 4.93.